The summed E-state index contributed by atoms with van der Waals surface area (Å²) in [6.07, 6.45) is 4.23. The number of thiazole rings is 1. The molecule has 0 aliphatic rings. The average Bonchev–Trinajstić information content (AvgIpc) is 2.71. The number of nitrogens with one attached hydrogen (secondary N) is 1. The Balaban J connectivity index is 2.29. The summed E-state index contributed by atoms with van der Waals surface area (Å²) in [5, 5.41) is 6.83. The fraction of sp³-hybridized carbons (Fsp3) is 0.727. The van der Waals surface area contributed by atoms with Gasteiger partial charge in [0.15, 0.2) is 0 Å². The van der Waals surface area contributed by atoms with Crippen LogP contribution in [0.25, 0.3) is 0 Å². The number of likely N-dealkylation sites (N-methyl/N-ethyl adjacent to an activating group) is 1. The first-order valence-electron chi connectivity index (χ1n) is 5.56. The molecule has 4 heteroatoms. The van der Waals surface area contributed by atoms with E-state index in [9.17, 15) is 0 Å². The van der Waals surface area contributed by atoms with Crippen molar-refractivity contribution in [2.45, 2.75) is 32.7 Å². The van der Waals surface area contributed by atoms with E-state index in [4.69, 9.17) is 0 Å². The number of rotatable bonds is 8. The monoisotopic (exact) mass is 244 g/mol. The first kappa shape index (κ1) is 13.0. The summed E-state index contributed by atoms with van der Waals surface area (Å²) in [5.74, 6) is 2.46. The zero-order valence-electron chi connectivity index (χ0n) is 9.53. The Hall–Kier alpha value is -0.0600. The Labute approximate surface area is 101 Å². The molecule has 15 heavy (non-hydrogen) atoms. The molecule has 0 aliphatic heterocycles. The molecule has 0 spiro atoms. The Morgan fingerprint density at radius 3 is 3.00 bits per heavy atom. The second-order valence-corrected chi connectivity index (χ2v) is 5.59. The van der Waals surface area contributed by atoms with Crippen LogP contribution in [0.2, 0.25) is 0 Å². The standard InChI is InChI=1S/C11H20N2S2/c1-3-6-14-9-10(12-4-2)8-11-13-5-7-15-11/h5,7,10,12H,3-4,6,8-9H2,1-2H3. The highest BCUT2D eigenvalue weighted by molar-refractivity contribution is 7.99. The molecule has 0 fully saturated rings. The van der Waals surface area contributed by atoms with Gasteiger partial charge in [0.1, 0.15) is 0 Å². The van der Waals surface area contributed by atoms with E-state index < -0.39 is 0 Å². The third-order valence-electron chi connectivity index (χ3n) is 2.06. The third kappa shape index (κ3) is 5.54. The van der Waals surface area contributed by atoms with Gasteiger partial charge in [-0.25, -0.2) is 4.98 Å². The molecule has 0 bridgehead atoms. The van der Waals surface area contributed by atoms with Gasteiger partial charge in [-0.15, -0.1) is 11.3 Å². The molecule has 86 valence electrons. The molecular formula is C11H20N2S2. The smallest absolute Gasteiger partial charge is 0.0940 e. The van der Waals surface area contributed by atoms with Crippen LogP contribution < -0.4 is 5.32 Å². The molecule has 1 unspecified atom stereocenters. The highest BCUT2D eigenvalue weighted by atomic mass is 32.2. The zero-order chi connectivity index (χ0) is 10.9. The van der Waals surface area contributed by atoms with Crippen molar-refractivity contribution in [3.05, 3.63) is 16.6 Å². The van der Waals surface area contributed by atoms with Crippen molar-refractivity contribution in [3.8, 4) is 0 Å². The summed E-state index contributed by atoms with van der Waals surface area (Å²) in [5.41, 5.74) is 0. The lowest BCUT2D eigenvalue weighted by molar-refractivity contribution is 0.571. The van der Waals surface area contributed by atoms with E-state index in [-0.39, 0.29) is 0 Å². The molecule has 2 nitrogen and oxygen atoms in total. The van der Waals surface area contributed by atoms with Crippen molar-refractivity contribution in [1.29, 1.82) is 0 Å². The van der Waals surface area contributed by atoms with Crippen LogP contribution in [0.4, 0.5) is 0 Å². The SMILES string of the molecule is CCCSCC(Cc1nccs1)NCC. The van der Waals surface area contributed by atoms with Crippen molar-refractivity contribution in [3.63, 3.8) is 0 Å². The van der Waals surface area contributed by atoms with E-state index in [1.54, 1.807) is 11.3 Å². The number of hydrogen-bond donors (Lipinski definition) is 1. The van der Waals surface area contributed by atoms with Crippen molar-refractivity contribution < 1.29 is 0 Å². The predicted molar refractivity (Wildman–Crippen MR) is 70.9 cm³/mol. The van der Waals surface area contributed by atoms with Gasteiger partial charge in [-0.1, -0.05) is 13.8 Å². The molecule has 0 radical (unpaired) electrons. The molecule has 1 aromatic heterocycles. The van der Waals surface area contributed by atoms with E-state index in [1.807, 2.05) is 18.0 Å². The van der Waals surface area contributed by atoms with Gasteiger partial charge in [0, 0.05) is 29.8 Å². The molecule has 0 aromatic carbocycles. The van der Waals surface area contributed by atoms with E-state index in [0.717, 1.165) is 13.0 Å². The number of thioether (sulfide) groups is 1. The van der Waals surface area contributed by atoms with Crippen LogP contribution in [0.3, 0.4) is 0 Å². The van der Waals surface area contributed by atoms with Crippen LogP contribution in [0, 0.1) is 0 Å². The lowest BCUT2D eigenvalue weighted by Gasteiger charge is -2.15. The molecule has 1 heterocycles. The third-order valence-corrected chi connectivity index (χ3v) is 4.20. The molecular weight excluding hydrogens is 224 g/mol. The van der Waals surface area contributed by atoms with Gasteiger partial charge >= 0.3 is 0 Å². The van der Waals surface area contributed by atoms with Crippen molar-refractivity contribution in [2.24, 2.45) is 0 Å². The Kier molecular flexibility index (Phi) is 7.05. The second-order valence-electron chi connectivity index (χ2n) is 3.46. The quantitative estimate of drug-likeness (QED) is 0.712. The molecule has 0 saturated heterocycles. The second kappa shape index (κ2) is 8.13. The highest BCUT2D eigenvalue weighted by Gasteiger charge is 2.09. The summed E-state index contributed by atoms with van der Waals surface area (Å²) in [6, 6.07) is 0.581. The zero-order valence-corrected chi connectivity index (χ0v) is 11.2. The maximum Gasteiger partial charge on any atom is 0.0940 e. The van der Waals surface area contributed by atoms with Crippen LogP contribution in [0.1, 0.15) is 25.3 Å². The maximum atomic E-state index is 4.34. The summed E-state index contributed by atoms with van der Waals surface area (Å²) < 4.78 is 0. The molecule has 1 N–H and O–H groups in total. The van der Waals surface area contributed by atoms with Crippen LogP contribution in [-0.2, 0) is 6.42 Å². The van der Waals surface area contributed by atoms with Crippen molar-refractivity contribution >= 4 is 23.1 Å². The number of nitrogens with zero attached hydrogens (tertiary/aromatic N) is 1. The normalized spacial score (nSPS) is 12.9. The van der Waals surface area contributed by atoms with E-state index in [2.05, 4.69) is 29.5 Å². The average molecular weight is 244 g/mol. The molecule has 1 rings (SSSR count). The van der Waals surface area contributed by atoms with Crippen molar-refractivity contribution in [1.82, 2.24) is 10.3 Å². The predicted octanol–water partition coefficient (Wildman–Crippen LogP) is 2.81. The topological polar surface area (TPSA) is 24.9 Å². The Bertz CT molecular complexity index is 237. The van der Waals surface area contributed by atoms with Gasteiger partial charge in [-0.3, -0.25) is 0 Å². The van der Waals surface area contributed by atoms with Crippen LogP contribution in [0.5, 0.6) is 0 Å². The van der Waals surface area contributed by atoms with Crippen LogP contribution in [0.15, 0.2) is 11.6 Å². The summed E-state index contributed by atoms with van der Waals surface area (Å²) >= 11 is 3.79. The van der Waals surface area contributed by atoms with E-state index >= 15 is 0 Å². The number of aromatic nitrogens is 1. The maximum absolute atomic E-state index is 4.34. The van der Waals surface area contributed by atoms with E-state index in [0.29, 0.717) is 6.04 Å². The molecule has 0 amide bonds. The van der Waals surface area contributed by atoms with Gasteiger partial charge in [0.05, 0.1) is 5.01 Å². The summed E-state index contributed by atoms with van der Waals surface area (Å²) in [6.45, 7) is 5.44. The van der Waals surface area contributed by atoms with Gasteiger partial charge in [-0.2, -0.15) is 11.8 Å². The summed E-state index contributed by atoms with van der Waals surface area (Å²) in [4.78, 5) is 4.34. The lowest BCUT2D eigenvalue weighted by Crippen LogP contribution is -2.33. The lowest BCUT2D eigenvalue weighted by atomic mass is 10.2. The Morgan fingerprint density at radius 2 is 2.40 bits per heavy atom. The summed E-state index contributed by atoms with van der Waals surface area (Å²) in [7, 11) is 0. The fourth-order valence-corrected chi connectivity index (χ4v) is 3.09. The minimum Gasteiger partial charge on any atom is -0.313 e. The molecule has 0 saturated carbocycles. The largest absolute Gasteiger partial charge is 0.313 e. The minimum absolute atomic E-state index is 0.581. The van der Waals surface area contributed by atoms with Gasteiger partial charge in [-0.05, 0) is 18.7 Å². The van der Waals surface area contributed by atoms with Crippen molar-refractivity contribution in [2.75, 3.05) is 18.1 Å². The van der Waals surface area contributed by atoms with Gasteiger partial charge < -0.3 is 5.32 Å². The first-order valence-corrected chi connectivity index (χ1v) is 7.59. The molecule has 1 aromatic rings. The number of hydrogen-bond acceptors (Lipinski definition) is 4. The highest BCUT2D eigenvalue weighted by Crippen LogP contribution is 2.11. The minimum atomic E-state index is 0.581. The fourth-order valence-electron chi connectivity index (χ4n) is 1.41. The van der Waals surface area contributed by atoms with Gasteiger partial charge in [0.2, 0.25) is 0 Å². The molecule has 1 atom stereocenters. The van der Waals surface area contributed by atoms with Crippen LogP contribution >= 0.6 is 23.1 Å². The van der Waals surface area contributed by atoms with Gasteiger partial charge in [0.25, 0.3) is 0 Å². The first-order chi connectivity index (χ1) is 7.36. The Morgan fingerprint density at radius 1 is 1.53 bits per heavy atom. The molecule has 0 aliphatic carbocycles. The van der Waals surface area contributed by atoms with E-state index in [1.165, 1.54) is 22.9 Å². The van der Waals surface area contributed by atoms with Crippen LogP contribution in [-0.4, -0.2) is 29.1 Å².